The van der Waals surface area contributed by atoms with Crippen LogP contribution < -0.4 is 0 Å². The van der Waals surface area contributed by atoms with Gasteiger partial charge >= 0.3 is 0 Å². The Hall–Kier alpha value is -3.54. The van der Waals surface area contributed by atoms with E-state index >= 15 is 0 Å². The average molecular weight is 390 g/mol. The summed E-state index contributed by atoms with van der Waals surface area (Å²) in [7, 11) is 0. The fourth-order valence-corrected chi connectivity index (χ4v) is 3.62. The molecule has 2 aromatic heterocycles. The Bertz CT molecular complexity index is 969. The van der Waals surface area contributed by atoms with Crippen LogP contribution in [0.5, 0.6) is 0 Å². The molecule has 1 unspecified atom stereocenters. The average Bonchev–Trinajstić information content (AvgIpc) is 3.41. The lowest BCUT2D eigenvalue weighted by molar-refractivity contribution is -0.136. The quantitative estimate of drug-likeness (QED) is 0.627. The summed E-state index contributed by atoms with van der Waals surface area (Å²) in [6.07, 6.45) is 7.00. The Balaban J connectivity index is 1.59. The second-order valence-electron chi connectivity index (χ2n) is 7.00. The molecule has 0 N–H and O–H groups in total. The van der Waals surface area contributed by atoms with Crippen LogP contribution in [0.4, 0.5) is 0 Å². The number of hydrogen-bond donors (Lipinski definition) is 0. The Morgan fingerprint density at radius 1 is 0.966 bits per heavy atom. The largest absolute Gasteiger partial charge is 0.467 e. The molecule has 6 nitrogen and oxygen atoms in total. The van der Waals surface area contributed by atoms with E-state index in [2.05, 4.69) is 0 Å². The van der Waals surface area contributed by atoms with E-state index in [0.717, 1.165) is 11.1 Å². The summed E-state index contributed by atoms with van der Waals surface area (Å²) in [5.41, 5.74) is 1.99. The number of carbonyl (C=O) groups excluding carboxylic acids is 2. The normalized spacial score (nSPS) is 15.2. The van der Waals surface area contributed by atoms with E-state index in [9.17, 15) is 9.59 Å². The molecule has 0 saturated carbocycles. The maximum absolute atomic E-state index is 13.3. The monoisotopic (exact) mass is 390 g/mol. The lowest BCUT2D eigenvalue weighted by Crippen LogP contribution is -2.37. The minimum absolute atomic E-state index is 0.0841. The van der Waals surface area contributed by atoms with Crippen molar-refractivity contribution in [2.24, 2.45) is 0 Å². The van der Waals surface area contributed by atoms with Gasteiger partial charge in [0.05, 0.1) is 38.1 Å². The van der Waals surface area contributed by atoms with Crippen LogP contribution in [-0.4, -0.2) is 21.6 Å². The van der Waals surface area contributed by atoms with Crippen LogP contribution in [0.3, 0.4) is 0 Å². The number of fused-ring (bicyclic) bond motifs is 1. The van der Waals surface area contributed by atoms with Crippen LogP contribution in [0.2, 0.25) is 0 Å². The Morgan fingerprint density at radius 3 is 2.21 bits per heavy atom. The van der Waals surface area contributed by atoms with E-state index in [0.29, 0.717) is 24.6 Å². The summed E-state index contributed by atoms with van der Waals surface area (Å²) < 4.78 is 10.9. The van der Waals surface area contributed by atoms with E-state index in [1.807, 2.05) is 42.5 Å². The first kappa shape index (κ1) is 18.8. The smallest absolute Gasteiger partial charge is 0.225 e. The highest BCUT2D eigenvalue weighted by atomic mass is 16.3. The van der Waals surface area contributed by atoms with Crippen molar-refractivity contribution < 1.29 is 18.4 Å². The fourth-order valence-electron chi connectivity index (χ4n) is 3.62. The van der Waals surface area contributed by atoms with Crippen LogP contribution >= 0.6 is 0 Å². The summed E-state index contributed by atoms with van der Waals surface area (Å²) in [6.45, 7) is 2.17. The molecule has 1 aliphatic heterocycles. The summed E-state index contributed by atoms with van der Waals surface area (Å²) in [6, 6.07) is 14.8. The number of carbonyl (C=O) groups is 2. The van der Waals surface area contributed by atoms with Gasteiger partial charge in [-0.3, -0.25) is 9.59 Å². The standard InChI is InChI=1S/C23H22N2O4/c1-17(26)25-11-10-18-6-2-3-9-21(18)22(25)14-23(27)24(15-19-7-4-12-28-19)16-20-8-5-13-29-20/h2-13,22H,14-16H2,1H3. The first-order valence-corrected chi connectivity index (χ1v) is 9.50. The Kier molecular flexibility index (Phi) is 5.33. The van der Waals surface area contributed by atoms with E-state index < -0.39 is 0 Å². The van der Waals surface area contributed by atoms with Gasteiger partial charge in [-0.25, -0.2) is 0 Å². The van der Waals surface area contributed by atoms with Crippen LogP contribution in [0.1, 0.15) is 42.0 Å². The van der Waals surface area contributed by atoms with Crippen molar-refractivity contribution in [1.82, 2.24) is 9.80 Å². The van der Waals surface area contributed by atoms with Gasteiger partial charge in [-0.15, -0.1) is 0 Å². The third-order valence-electron chi connectivity index (χ3n) is 5.04. The number of nitrogens with zero attached hydrogens (tertiary/aromatic N) is 2. The Labute approximate surface area is 169 Å². The molecule has 1 aromatic carbocycles. The molecule has 0 aliphatic carbocycles. The van der Waals surface area contributed by atoms with Gasteiger partial charge in [-0.1, -0.05) is 24.3 Å². The summed E-state index contributed by atoms with van der Waals surface area (Å²) in [4.78, 5) is 28.8. The molecule has 4 rings (SSSR count). The number of hydrogen-bond acceptors (Lipinski definition) is 4. The molecule has 0 spiro atoms. The first-order chi connectivity index (χ1) is 14.1. The van der Waals surface area contributed by atoms with Crippen molar-refractivity contribution in [1.29, 1.82) is 0 Å². The highest BCUT2D eigenvalue weighted by Crippen LogP contribution is 2.33. The molecule has 1 atom stereocenters. The Morgan fingerprint density at radius 2 is 1.62 bits per heavy atom. The van der Waals surface area contributed by atoms with Crippen molar-refractivity contribution in [2.75, 3.05) is 0 Å². The fraction of sp³-hybridized carbons (Fsp3) is 0.217. The second-order valence-corrected chi connectivity index (χ2v) is 7.00. The van der Waals surface area contributed by atoms with Crippen LogP contribution in [0.15, 0.2) is 76.1 Å². The SMILES string of the molecule is CC(=O)N1C=Cc2ccccc2C1CC(=O)N(Cc1ccco1)Cc1ccco1. The highest BCUT2D eigenvalue weighted by Gasteiger charge is 2.30. The van der Waals surface area contributed by atoms with Gasteiger partial charge < -0.3 is 18.6 Å². The second kappa shape index (κ2) is 8.22. The predicted molar refractivity (Wildman–Crippen MR) is 107 cm³/mol. The lowest BCUT2D eigenvalue weighted by atomic mass is 9.93. The van der Waals surface area contributed by atoms with Crippen molar-refractivity contribution in [3.63, 3.8) is 0 Å². The van der Waals surface area contributed by atoms with Gasteiger partial charge in [0.1, 0.15) is 11.5 Å². The molecule has 148 valence electrons. The highest BCUT2D eigenvalue weighted by molar-refractivity contribution is 5.82. The zero-order chi connectivity index (χ0) is 20.2. The molecular weight excluding hydrogens is 368 g/mol. The number of rotatable bonds is 6. The van der Waals surface area contributed by atoms with Gasteiger partial charge in [0, 0.05) is 13.1 Å². The van der Waals surface area contributed by atoms with Gasteiger partial charge in [0.25, 0.3) is 0 Å². The molecule has 0 radical (unpaired) electrons. The predicted octanol–water partition coefficient (Wildman–Crippen LogP) is 4.37. The van der Waals surface area contributed by atoms with Crippen molar-refractivity contribution in [3.8, 4) is 0 Å². The third-order valence-corrected chi connectivity index (χ3v) is 5.04. The lowest BCUT2D eigenvalue weighted by Gasteiger charge is -2.33. The number of amides is 2. The molecule has 1 aliphatic rings. The maximum Gasteiger partial charge on any atom is 0.225 e. The molecule has 3 aromatic rings. The number of furan rings is 2. The van der Waals surface area contributed by atoms with E-state index in [1.165, 1.54) is 6.92 Å². The third kappa shape index (κ3) is 4.16. The molecule has 0 bridgehead atoms. The first-order valence-electron chi connectivity index (χ1n) is 9.50. The van der Waals surface area contributed by atoms with Crippen molar-refractivity contribution >= 4 is 17.9 Å². The molecule has 0 fully saturated rings. The minimum atomic E-state index is -0.350. The number of benzene rings is 1. The topological polar surface area (TPSA) is 66.9 Å². The maximum atomic E-state index is 13.3. The molecule has 0 saturated heterocycles. The molecule has 6 heteroatoms. The van der Waals surface area contributed by atoms with Crippen molar-refractivity contribution in [2.45, 2.75) is 32.5 Å². The molecule has 29 heavy (non-hydrogen) atoms. The minimum Gasteiger partial charge on any atom is -0.467 e. The van der Waals surface area contributed by atoms with E-state index in [1.54, 1.807) is 40.7 Å². The van der Waals surface area contributed by atoms with Gasteiger partial charge in [-0.2, -0.15) is 0 Å². The van der Waals surface area contributed by atoms with Crippen molar-refractivity contribution in [3.05, 3.63) is 89.9 Å². The van der Waals surface area contributed by atoms with Crippen LogP contribution in [0, 0.1) is 0 Å². The van der Waals surface area contributed by atoms with Gasteiger partial charge in [-0.05, 0) is 41.5 Å². The molecule has 3 heterocycles. The zero-order valence-corrected chi connectivity index (χ0v) is 16.2. The van der Waals surface area contributed by atoms with Crippen LogP contribution in [0.25, 0.3) is 6.08 Å². The molecular formula is C23H22N2O4. The summed E-state index contributed by atoms with van der Waals surface area (Å²) in [5.74, 6) is 1.20. The van der Waals surface area contributed by atoms with Gasteiger partial charge in [0.15, 0.2) is 0 Å². The summed E-state index contributed by atoms with van der Waals surface area (Å²) in [5, 5.41) is 0. The van der Waals surface area contributed by atoms with E-state index in [-0.39, 0.29) is 24.3 Å². The van der Waals surface area contributed by atoms with Crippen LogP contribution in [-0.2, 0) is 22.7 Å². The van der Waals surface area contributed by atoms with Gasteiger partial charge in [0.2, 0.25) is 11.8 Å². The summed E-state index contributed by atoms with van der Waals surface area (Å²) >= 11 is 0. The molecule has 2 amide bonds. The van der Waals surface area contributed by atoms with E-state index in [4.69, 9.17) is 8.83 Å². The zero-order valence-electron chi connectivity index (χ0n) is 16.2.